The summed E-state index contributed by atoms with van der Waals surface area (Å²) in [4.78, 5) is 4.22. The summed E-state index contributed by atoms with van der Waals surface area (Å²) in [6.45, 7) is 11.9. The lowest BCUT2D eigenvalue weighted by atomic mass is 10.2. The molecule has 0 atom stereocenters. The molecule has 0 saturated heterocycles. The van der Waals surface area contributed by atoms with Crippen molar-refractivity contribution in [3.8, 4) is 0 Å². The first kappa shape index (κ1) is 11.9. The summed E-state index contributed by atoms with van der Waals surface area (Å²) in [5.74, 6) is 0. The van der Waals surface area contributed by atoms with Gasteiger partial charge >= 0.3 is 0 Å². The third-order valence-electron chi connectivity index (χ3n) is 2.87. The molecule has 0 spiro atoms. The third kappa shape index (κ3) is 2.90. The molecular formula is C10H19NOSSi. The highest BCUT2D eigenvalue weighted by Gasteiger charge is 2.37. The van der Waals surface area contributed by atoms with Crippen molar-refractivity contribution in [1.82, 2.24) is 4.98 Å². The Balaban J connectivity index is 2.53. The molecule has 2 nitrogen and oxygen atoms in total. The van der Waals surface area contributed by atoms with Crippen molar-refractivity contribution in [2.24, 2.45) is 0 Å². The number of nitrogens with zero attached hydrogens (tertiary/aromatic N) is 1. The smallest absolute Gasteiger partial charge is 0.192 e. The number of thiazole rings is 1. The van der Waals surface area contributed by atoms with Gasteiger partial charge in [0.05, 0.1) is 17.8 Å². The zero-order valence-electron chi connectivity index (χ0n) is 9.63. The Labute approximate surface area is 91.5 Å². The van der Waals surface area contributed by atoms with E-state index in [1.165, 1.54) is 0 Å². The molecule has 0 aliphatic carbocycles. The maximum atomic E-state index is 6.02. The fraction of sp³-hybridized carbons (Fsp3) is 0.700. The molecule has 14 heavy (non-hydrogen) atoms. The minimum absolute atomic E-state index is 0.281. The van der Waals surface area contributed by atoms with Crippen LogP contribution in [0, 0.1) is 0 Å². The topological polar surface area (TPSA) is 22.1 Å². The van der Waals surface area contributed by atoms with Crippen molar-refractivity contribution in [3.05, 3.63) is 16.6 Å². The van der Waals surface area contributed by atoms with E-state index in [1.54, 1.807) is 11.3 Å². The van der Waals surface area contributed by atoms with E-state index in [0.29, 0.717) is 6.61 Å². The van der Waals surface area contributed by atoms with Gasteiger partial charge in [0, 0.05) is 5.38 Å². The molecule has 0 aliphatic rings. The maximum Gasteiger partial charge on any atom is 0.192 e. The Hall–Kier alpha value is -0.193. The zero-order valence-corrected chi connectivity index (χ0v) is 11.4. The predicted molar refractivity (Wildman–Crippen MR) is 64.1 cm³/mol. The first-order valence-electron chi connectivity index (χ1n) is 4.84. The number of hydrogen-bond acceptors (Lipinski definition) is 3. The van der Waals surface area contributed by atoms with E-state index in [4.69, 9.17) is 4.43 Å². The van der Waals surface area contributed by atoms with Crippen LogP contribution in [-0.2, 0) is 11.0 Å². The van der Waals surface area contributed by atoms with Crippen LogP contribution in [-0.4, -0.2) is 13.3 Å². The van der Waals surface area contributed by atoms with E-state index >= 15 is 0 Å². The number of rotatable bonds is 3. The fourth-order valence-corrected chi connectivity index (χ4v) is 2.26. The van der Waals surface area contributed by atoms with Crippen LogP contribution < -0.4 is 0 Å². The molecule has 0 aliphatic heterocycles. The quantitative estimate of drug-likeness (QED) is 0.738. The SMILES string of the molecule is CC(C)(C)[Si](C)(C)OCc1cscn1. The Morgan fingerprint density at radius 2 is 2.07 bits per heavy atom. The van der Waals surface area contributed by atoms with Gasteiger partial charge in [0.25, 0.3) is 0 Å². The van der Waals surface area contributed by atoms with Gasteiger partial charge in [-0.15, -0.1) is 11.3 Å². The van der Waals surface area contributed by atoms with Crippen molar-refractivity contribution in [3.63, 3.8) is 0 Å². The van der Waals surface area contributed by atoms with E-state index in [9.17, 15) is 0 Å². The van der Waals surface area contributed by atoms with Crippen molar-refractivity contribution in [2.75, 3.05) is 0 Å². The molecule has 0 radical (unpaired) electrons. The van der Waals surface area contributed by atoms with Crippen LogP contribution in [0.4, 0.5) is 0 Å². The number of hydrogen-bond donors (Lipinski definition) is 0. The second-order valence-electron chi connectivity index (χ2n) is 5.03. The second-order valence-corrected chi connectivity index (χ2v) is 10.6. The molecule has 0 bridgehead atoms. The van der Waals surface area contributed by atoms with Crippen LogP contribution in [0.15, 0.2) is 10.9 Å². The Bertz CT molecular complexity index is 277. The molecule has 1 aromatic rings. The Morgan fingerprint density at radius 3 is 2.50 bits per heavy atom. The second kappa shape index (κ2) is 4.12. The van der Waals surface area contributed by atoms with Gasteiger partial charge in [-0.1, -0.05) is 20.8 Å². The van der Waals surface area contributed by atoms with Crippen molar-refractivity contribution >= 4 is 19.7 Å². The van der Waals surface area contributed by atoms with E-state index < -0.39 is 8.32 Å². The summed E-state index contributed by atoms with van der Waals surface area (Å²) in [6, 6.07) is 0. The molecule has 0 amide bonds. The molecule has 0 N–H and O–H groups in total. The van der Waals surface area contributed by atoms with Gasteiger partial charge in [-0.2, -0.15) is 0 Å². The van der Waals surface area contributed by atoms with Gasteiger partial charge in [0.1, 0.15) is 0 Å². The predicted octanol–water partition coefficient (Wildman–Crippen LogP) is 3.66. The van der Waals surface area contributed by atoms with E-state index in [1.807, 2.05) is 10.9 Å². The minimum Gasteiger partial charge on any atom is -0.411 e. The summed E-state index contributed by atoms with van der Waals surface area (Å²) < 4.78 is 6.02. The average molecular weight is 229 g/mol. The van der Waals surface area contributed by atoms with Gasteiger partial charge in [0.2, 0.25) is 0 Å². The maximum absolute atomic E-state index is 6.02. The van der Waals surface area contributed by atoms with E-state index in [0.717, 1.165) is 5.69 Å². The lowest BCUT2D eigenvalue weighted by Gasteiger charge is -2.35. The monoisotopic (exact) mass is 229 g/mol. The highest BCUT2D eigenvalue weighted by Crippen LogP contribution is 2.36. The first-order valence-corrected chi connectivity index (χ1v) is 8.69. The summed E-state index contributed by atoms with van der Waals surface area (Å²) in [6.07, 6.45) is 0. The van der Waals surface area contributed by atoms with Crippen molar-refractivity contribution in [1.29, 1.82) is 0 Å². The summed E-state index contributed by atoms with van der Waals surface area (Å²) in [7, 11) is -1.60. The third-order valence-corrected chi connectivity index (χ3v) is 7.98. The van der Waals surface area contributed by atoms with Gasteiger partial charge < -0.3 is 4.43 Å². The first-order chi connectivity index (χ1) is 6.33. The molecular weight excluding hydrogens is 210 g/mol. The molecule has 0 aromatic carbocycles. The molecule has 1 rings (SSSR count). The standard InChI is InChI=1S/C10H19NOSSi/c1-10(2,3)14(4,5)12-6-9-7-13-8-11-9/h7-8H,6H2,1-5H3. The minimum atomic E-state index is -1.60. The summed E-state index contributed by atoms with van der Waals surface area (Å²) in [5, 5.41) is 2.33. The van der Waals surface area contributed by atoms with Gasteiger partial charge in [0.15, 0.2) is 8.32 Å². The van der Waals surface area contributed by atoms with Crippen LogP contribution in [0.3, 0.4) is 0 Å². The van der Waals surface area contributed by atoms with E-state index in [-0.39, 0.29) is 5.04 Å². The van der Waals surface area contributed by atoms with Gasteiger partial charge in [-0.3, -0.25) is 0 Å². The molecule has 0 saturated carbocycles. The van der Waals surface area contributed by atoms with Gasteiger partial charge in [-0.25, -0.2) is 4.98 Å². The molecule has 80 valence electrons. The van der Waals surface area contributed by atoms with Crippen LogP contribution in [0.5, 0.6) is 0 Å². The molecule has 1 aromatic heterocycles. The highest BCUT2D eigenvalue weighted by molar-refractivity contribution is 7.07. The lowest BCUT2D eigenvalue weighted by Crippen LogP contribution is -2.40. The van der Waals surface area contributed by atoms with Gasteiger partial charge in [-0.05, 0) is 18.1 Å². The largest absolute Gasteiger partial charge is 0.411 e. The Kier molecular flexibility index (Phi) is 3.50. The highest BCUT2D eigenvalue weighted by atomic mass is 32.1. The van der Waals surface area contributed by atoms with Crippen LogP contribution in [0.2, 0.25) is 18.1 Å². The molecule has 1 heterocycles. The van der Waals surface area contributed by atoms with E-state index in [2.05, 4.69) is 38.8 Å². The van der Waals surface area contributed by atoms with Crippen molar-refractivity contribution < 1.29 is 4.43 Å². The van der Waals surface area contributed by atoms with Crippen LogP contribution >= 0.6 is 11.3 Å². The fourth-order valence-electron chi connectivity index (χ4n) is 0.780. The van der Waals surface area contributed by atoms with Crippen LogP contribution in [0.1, 0.15) is 26.5 Å². The van der Waals surface area contributed by atoms with Crippen LogP contribution in [0.25, 0.3) is 0 Å². The molecule has 0 unspecified atom stereocenters. The number of aromatic nitrogens is 1. The van der Waals surface area contributed by atoms with Crippen molar-refractivity contribution in [2.45, 2.75) is 45.5 Å². The molecule has 0 fully saturated rings. The normalized spacial score (nSPS) is 13.2. The average Bonchev–Trinajstić information content (AvgIpc) is 2.50. The summed E-state index contributed by atoms with van der Waals surface area (Å²) in [5.41, 5.74) is 2.91. The summed E-state index contributed by atoms with van der Waals surface area (Å²) >= 11 is 1.62. The molecule has 4 heteroatoms. The lowest BCUT2D eigenvalue weighted by molar-refractivity contribution is 0.273. The zero-order chi connectivity index (χ0) is 10.8. The Morgan fingerprint density at radius 1 is 1.43 bits per heavy atom.